The number of aromatic nitrogens is 1. The topological polar surface area (TPSA) is 110 Å². The van der Waals surface area contributed by atoms with Gasteiger partial charge in [-0.25, -0.2) is 4.39 Å². The summed E-state index contributed by atoms with van der Waals surface area (Å²) in [6, 6.07) is 8.83. The normalized spacial score (nSPS) is 10.3. The fraction of sp³-hybridized carbons (Fsp3) is 0.200. The largest absolute Gasteiger partial charge is 0.493 e. The van der Waals surface area contributed by atoms with Gasteiger partial charge in [-0.2, -0.15) is 0 Å². The van der Waals surface area contributed by atoms with Crippen molar-refractivity contribution in [1.29, 1.82) is 0 Å². The number of pyridine rings is 1. The monoisotopic (exact) mass is 421 g/mol. The van der Waals surface area contributed by atoms with Crippen LogP contribution in [-0.2, 0) is 0 Å². The summed E-state index contributed by atoms with van der Waals surface area (Å²) in [7, 11) is 1.52. The van der Waals surface area contributed by atoms with E-state index in [1.807, 2.05) is 0 Å². The molecule has 3 rings (SSSR count). The smallest absolute Gasteiger partial charge is 0.248 e. The summed E-state index contributed by atoms with van der Waals surface area (Å²) in [5.74, 6) is -0.0547. The summed E-state index contributed by atoms with van der Waals surface area (Å²) < 4.78 is 31.1. The van der Waals surface area contributed by atoms with Gasteiger partial charge in [0.2, 0.25) is 5.91 Å². The SMILES string of the molecule is COc1cc2c(Oc3ccc(C(N)=O)cc3F)ccnc2cc1OCCCN.Cl. The number of rotatable bonds is 8. The van der Waals surface area contributed by atoms with Crippen LogP contribution in [0.1, 0.15) is 16.8 Å². The van der Waals surface area contributed by atoms with Gasteiger partial charge in [0.05, 0.1) is 19.2 Å². The third kappa shape index (κ3) is 5.04. The maximum absolute atomic E-state index is 14.3. The van der Waals surface area contributed by atoms with E-state index in [0.717, 1.165) is 6.07 Å². The third-order valence-electron chi connectivity index (χ3n) is 4.03. The first-order chi connectivity index (χ1) is 13.5. The number of nitrogens with zero attached hydrogens (tertiary/aromatic N) is 1. The van der Waals surface area contributed by atoms with Gasteiger partial charge in [0.25, 0.3) is 0 Å². The van der Waals surface area contributed by atoms with Crippen LogP contribution < -0.4 is 25.7 Å². The average molecular weight is 422 g/mol. The zero-order chi connectivity index (χ0) is 20.1. The lowest BCUT2D eigenvalue weighted by molar-refractivity contribution is 0.1000. The second-order valence-corrected chi connectivity index (χ2v) is 5.93. The highest BCUT2D eigenvalue weighted by Crippen LogP contribution is 2.37. The molecule has 154 valence electrons. The van der Waals surface area contributed by atoms with E-state index in [1.165, 1.54) is 19.2 Å². The van der Waals surface area contributed by atoms with Gasteiger partial charge in [0.1, 0.15) is 5.75 Å². The second kappa shape index (κ2) is 9.90. The lowest BCUT2D eigenvalue weighted by Gasteiger charge is -2.14. The molecule has 0 unspecified atom stereocenters. The van der Waals surface area contributed by atoms with Gasteiger partial charge in [0.15, 0.2) is 23.1 Å². The molecule has 29 heavy (non-hydrogen) atoms. The van der Waals surface area contributed by atoms with Crippen LogP contribution in [0.5, 0.6) is 23.0 Å². The summed E-state index contributed by atoms with van der Waals surface area (Å²) in [6.45, 7) is 0.970. The second-order valence-electron chi connectivity index (χ2n) is 5.93. The zero-order valence-corrected chi connectivity index (χ0v) is 16.5. The van der Waals surface area contributed by atoms with Crippen LogP contribution in [0.2, 0.25) is 0 Å². The van der Waals surface area contributed by atoms with E-state index in [4.69, 9.17) is 25.7 Å². The Hall–Kier alpha value is -3.10. The summed E-state index contributed by atoms with van der Waals surface area (Å²) >= 11 is 0. The quantitative estimate of drug-likeness (QED) is 0.539. The summed E-state index contributed by atoms with van der Waals surface area (Å²) in [5, 5.41) is 0.615. The number of ether oxygens (including phenoxy) is 3. The molecule has 0 fully saturated rings. The van der Waals surface area contributed by atoms with Crippen LogP contribution in [-0.4, -0.2) is 31.2 Å². The first kappa shape index (κ1) is 22.2. The van der Waals surface area contributed by atoms with Crippen molar-refractivity contribution in [3.8, 4) is 23.0 Å². The molecule has 0 aliphatic heterocycles. The lowest BCUT2D eigenvalue weighted by atomic mass is 10.1. The Morgan fingerprint density at radius 2 is 1.90 bits per heavy atom. The van der Waals surface area contributed by atoms with E-state index in [-0.39, 0.29) is 23.7 Å². The van der Waals surface area contributed by atoms with Crippen molar-refractivity contribution < 1.29 is 23.4 Å². The molecule has 2 aromatic carbocycles. The van der Waals surface area contributed by atoms with Gasteiger partial charge >= 0.3 is 0 Å². The number of carbonyl (C=O) groups is 1. The highest BCUT2D eigenvalue weighted by Gasteiger charge is 2.14. The van der Waals surface area contributed by atoms with E-state index < -0.39 is 11.7 Å². The molecule has 4 N–H and O–H groups in total. The zero-order valence-electron chi connectivity index (χ0n) is 15.7. The van der Waals surface area contributed by atoms with E-state index in [0.29, 0.717) is 47.7 Å². The number of halogens is 2. The van der Waals surface area contributed by atoms with Crippen molar-refractivity contribution in [2.24, 2.45) is 11.5 Å². The number of benzene rings is 2. The number of fused-ring (bicyclic) bond motifs is 1. The fourth-order valence-corrected chi connectivity index (χ4v) is 2.61. The molecular formula is C20H21ClFN3O4. The molecule has 3 aromatic rings. The Labute approximate surface area is 173 Å². The predicted molar refractivity (Wildman–Crippen MR) is 110 cm³/mol. The number of amides is 1. The van der Waals surface area contributed by atoms with Gasteiger partial charge in [0, 0.05) is 23.2 Å². The molecule has 9 heteroatoms. The number of nitrogens with two attached hydrogens (primary N) is 2. The molecule has 1 heterocycles. The molecule has 1 amide bonds. The molecule has 0 spiro atoms. The van der Waals surface area contributed by atoms with Gasteiger partial charge in [-0.1, -0.05) is 0 Å². The average Bonchev–Trinajstić information content (AvgIpc) is 2.69. The highest BCUT2D eigenvalue weighted by atomic mass is 35.5. The predicted octanol–water partition coefficient (Wildman–Crippen LogP) is 3.42. The Balaban J connectivity index is 0.00000300. The van der Waals surface area contributed by atoms with Gasteiger partial charge in [-0.15, -0.1) is 12.4 Å². The number of carbonyl (C=O) groups excluding carboxylic acids is 1. The minimum absolute atomic E-state index is 0. The van der Waals surface area contributed by atoms with Crippen molar-refractivity contribution in [3.05, 3.63) is 54.0 Å². The van der Waals surface area contributed by atoms with Gasteiger partial charge in [-0.05, 0) is 43.3 Å². The molecule has 0 radical (unpaired) electrons. The van der Waals surface area contributed by atoms with Gasteiger partial charge in [-0.3, -0.25) is 9.78 Å². The number of primary amides is 1. The Kier molecular flexibility index (Phi) is 7.58. The molecule has 0 saturated carbocycles. The molecule has 0 saturated heterocycles. The van der Waals surface area contributed by atoms with E-state index in [9.17, 15) is 9.18 Å². The number of hydrogen-bond donors (Lipinski definition) is 2. The van der Waals surface area contributed by atoms with Crippen LogP contribution in [0.3, 0.4) is 0 Å². The van der Waals surface area contributed by atoms with Crippen LogP contribution in [0.25, 0.3) is 10.9 Å². The Morgan fingerprint density at radius 1 is 1.10 bits per heavy atom. The van der Waals surface area contributed by atoms with Crippen molar-refractivity contribution in [2.45, 2.75) is 6.42 Å². The summed E-state index contributed by atoms with van der Waals surface area (Å²) in [5.41, 5.74) is 11.3. The minimum atomic E-state index is -0.716. The van der Waals surface area contributed by atoms with Crippen molar-refractivity contribution >= 4 is 29.2 Å². The van der Waals surface area contributed by atoms with Crippen molar-refractivity contribution in [1.82, 2.24) is 4.98 Å². The first-order valence-corrected chi connectivity index (χ1v) is 8.60. The van der Waals surface area contributed by atoms with Crippen molar-refractivity contribution in [3.63, 3.8) is 0 Å². The molecule has 0 bridgehead atoms. The lowest BCUT2D eigenvalue weighted by Crippen LogP contribution is -2.11. The first-order valence-electron chi connectivity index (χ1n) is 8.60. The minimum Gasteiger partial charge on any atom is -0.493 e. The third-order valence-corrected chi connectivity index (χ3v) is 4.03. The maximum Gasteiger partial charge on any atom is 0.248 e. The van der Waals surface area contributed by atoms with Crippen LogP contribution in [0.4, 0.5) is 4.39 Å². The Bertz CT molecular complexity index is 1020. The highest BCUT2D eigenvalue weighted by molar-refractivity contribution is 5.93. The Morgan fingerprint density at radius 3 is 2.55 bits per heavy atom. The molecule has 0 atom stereocenters. The summed E-state index contributed by atoms with van der Waals surface area (Å²) in [4.78, 5) is 15.5. The molecular weight excluding hydrogens is 401 g/mol. The summed E-state index contributed by atoms with van der Waals surface area (Å²) in [6.07, 6.45) is 2.25. The fourth-order valence-electron chi connectivity index (χ4n) is 2.61. The standard InChI is InChI=1S/C20H20FN3O4.ClH/c1-26-18-10-13-15(11-19(18)27-8-2-6-22)24-7-5-16(13)28-17-4-3-12(20(23)25)9-14(17)21;/h3-5,7,9-11H,2,6,8,22H2,1H3,(H2,23,25);1H. The maximum atomic E-state index is 14.3. The van der Waals surface area contributed by atoms with E-state index in [1.54, 1.807) is 24.4 Å². The van der Waals surface area contributed by atoms with Crippen LogP contribution in [0, 0.1) is 5.82 Å². The van der Waals surface area contributed by atoms with Crippen LogP contribution in [0.15, 0.2) is 42.6 Å². The molecule has 0 aliphatic rings. The van der Waals surface area contributed by atoms with Crippen molar-refractivity contribution in [2.75, 3.05) is 20.3 Å². The molecule has 1 aromatic heterocycles. The molecule has 0 aliphatic carbocycles. The van der Waals surface area contributed by atoms with E-state index >= 15 is 0 Å². The molecule has 7 nitrogen and oxygen atoms in total. The number of hydrogen-bond acceptors (Lipinski definition) is 6. The number of methoxy groups -OCH3 is 1. The van der Waals surface area contributed by atoms with E-state index in [2.05, 4.69) is 4.98 Å². The van der Waals surface area contributed by atoms with Gasteiger partial charge < -0.3 is 25.7 Å². The van der Waals surface area contributed by atoms with Crippen LogP contribution >= 0.6 is 12.4 Å².